The van der Waals surface area contributed by atoms with E-state index in [1.807, 2.05) is 19.1 Å². The van der Waals surface area contributed by atoms with Crippen molar-refractivity contribution < 1.29 is 12.8 Å². The molecule has 0 aliphatic rings. The van der Waals surface area contributed by atoms with Crippen molar-refractivity contribution in [1.82, 2.24) is 5.32 Å². The zero-order valence-electron chi connectivity index (χ0n) is 12.6. The fourth-order valence-corrected chi connectivity index (χ4v) is 3.91. The van der Waals surface area contributed by atoms with E-state index in [1.165, 1.54) is 0 Å². The molecule has 0 amide bonds. The first-order valence-corrected chi connectivity index (χ1v) is 8.17. The fourth-order valence-electron chi connectivity index (χ4n) is 2.33. The van der Waals surface area contributed by atoms with E-state index in [-0.39, 0.29) is 4.90 Å². The van der Waals surface area contributed by atoms with Crippen molar-refractivity contribution in [1.29, 1.82) is 0 Å². The van der Waals surface area contributed by atoms with Gasteiger partial charge in [-0.3, -0.25) is 4.72 Å². The third-order valence-corrected chi connectivity index (χ3v) is 4.90. The third kappa shape index (κ3) is 3.11. The minimum absolute atomic E-state index is 0.220. The summed E-state index contributed by atoms with van der Waals surface area (Å²) in [6.07, 6.45) is 0. The van der Waals surface area contributed by atoms with Gasteiger partial charge in [0, 0.05) is 12.1 Å². The molecule has 2 aromatic rings. The molecule has 0 aliphatic heterocycles. The average Bonchev–Trinajstić information content (AvgIpc) is 2.68. The Bertz CT molecular complexity index is 748. The molecule has 0 saturated carbocycles. The predicted octanol–water partition coefficient (Wildman–Crippen LogP) is 2.73. The number of rotatable bonds is 5. The Balaban J connectivity index is 2.48. The minimum Gasteiger partial charge on any atom is -0.465 e. The topological polar surface area (TPSA) is 71.3 Å². The van der Waals surface area contributed by atoms with Gasteiger partial charge in [-0.05, 0) is 39.4 Å². The monoisotopic (exact) mass is 308 g/mol. The van der Waals surface area contributed by atoms with Crippen LogP contribution in [0.2, 0.25) is 0 Å². The second kappa shape index (κ2) is 5.91. The summed E-state index contributed by atoms with van der Waals surface area (Å²) in [5, 5.41) is 2.97. The molecule has 6 heteroatoms. The van der Waals surface area contributed by atoms with Gasteiger partial charge < -0.3 is 9.73 Å². The highest BCUT2D eigenvalue weighted by Gasteiger charge is 2.26. The Morgan fingerprint density at radius 2 is 1.76 bits per heavy atom. The normalized spacial score (nSPS) is 11.6. The molecular formula is C15H20N2O3S. The minimum atomic E-state index is -3.68. The maximum Gasteiger partial charge on any atom is 0.265 e. The molecule has 1 heterocycles. The van der Waals surface area contributed by atoms with Gasteiger partial charge in [-0.1, -0.05) is 18.2 Å². The lowest BCUT2D eigenvalue weighted by Gasteiger charge is -2.11. The van der Waals surface area contributed by atoms with Crippen molar-refractivity contribution in [3.8, 4) is 0 Å². The van der Waals surface area contributed by atoms with Crippen LogP contribution in [-0.4, -0.2) is 15.5 Å². The molecule has 0 aliphatic carbocycles. The number of furan rings is 1. The predicted molar refractivity (Wildman–Crippen MR) is 82.9 cm³/mol. The molecule has 1 aromatic carbocycles. The number of aryl methyl sites for hydroxylation is 3. The third-order valence-electron chi connectivity index (χ3n) is 3.34. The number of sulfonamides is 1. The van der Waals surface area contributed by atoms with Crippen LogP contribution in [0.5, 0.6) is 0 Å². The van der Waals surface area contributed by atoms with Gasteiger partial charge in [0.05, 0.1) is 5.69 Å². The molecule has 114 valence electrons. The molecule has 0 spiro atoms. The first kappa shape index (κ1) is 15.6. The summed E-state index contributed by atoms with van der Waals surface area (Å²) < 4.78 is 33.5. The lowest BCUT2D eigenvalue weighted by Crippen LogP contribution is -2.17. The van der Waals surface area contributed by atoms with Gasteiger partial charge in [0.2, 0.25) is 0 Å². The maximum atomic E-state index is 12.7. The van der Waals surface area contributed by atoms with E-state index in [2.05, 4.69) is 10.0 Å². The summed E-state index contributed by atoms with van der Waals surface area (Å²) in [7, 11) is -1.91. The van der Waals surface area contributed by atoms with Crippen LogP contribution in [0.25, 0.3) is 0 Å². The van der Waals surface area contributed by atoms with E-state index >= 15 is 0 Å². The van der Waals surface area contributed by atoms with E-state index in [1.54, 1.807) is 33.0 Å². The first-order chi connectivity index (χ1) is 9.86. The van der Waals surface area contributed by atoms with Gasteiger partial charge in [0.25, 0.3) is 10.0 Å². The molecule has 2 N–H and O–H groups in total. The highest BCUT2D eigenvalue weighted by Crippen LogP contribution is 2.29. The first-order valence-electron chi connectivity index (χ1n) is 6.68. The number of anilines is 1. The van der Waals surface area contributed by atoms with Crippen molar-refractivity contribution in [3.05, 3.63) is 46.9 Å². The average molecular weight is 308 g/mol. The van der Waals surface area contributed by atoms with Crippen molar-refractivity contribution >= 4 is 15.7 Å². The van der Waals surface area contributed by atoms with Crippen molar-refractivity contribution in [2.24, 2.45) is 0 Å². The van der Waals surface area contributed by atoms with E-state index in [0.29, 0.717) is 29.3 Å². The van der Waals surface area contributed by atoms with Crippen LogP contribution >= 0.6 is 0 Å². The number of para-hydroxylation sites is 1. The lowest BCUT2D eigenvalue weighted by atomic mass is 10.2. The molecule has 21 heavy (non-hydrogen) atoms. The standard InChI is InChI=1S/C15H20N2O3S/c1-10-7-5-6-8-14(10)17-21(18,19)15-12(3)20-11(2)13(15)9-16-4/h5-8,16-17H,9H2,1-4H3. The molecule has 1 aromatic heterocycles. The number of nitrogens with one attached hydrogen (secondary N) is 2. The van der Waals surface area contributed by atoms with Gasteiger partial charge in [-0.15, -0.1) is 0 Å². The molecule has 0 radical (unpaired) electrons. The van der Waals surface area contributed by atoms with Crippen LogP contribution in [-0.2, 0) is 16.6 Å². The second-order valence-corrected chi connectivity index (χ2v) is 6.59. The summed E-state index contributed by atoms with van der Waals surface area (Å²) in [5.74, 6) is 1.02. The van der Waals surface area contributed by atoms with Gasteiger partial charge in [0.15, 0.2) is 0 Å². The molecule has 2 rings (SSSR count). The molecule has 0 unspecified atom stereocenters. The Hall–Kier alpha value is -1.79. The van der Waals surface area contributed by atoms with Gasteiger partial charge in [-0.2, -0.15) is 0 Å². The van der Waals surface area contributed by atoms with Crippen LogP contribution < -0.4 is 10.0 Å². The summed E-state index contributed by atoms with van der Waals surface area (Å²) in [5.41, 5.74) is 2.11. The van der Waals surface area contributed by atoms with E-state index in [4.69, 9.17) is 4.42 Å². The number of hydrogen-bond acceptors (Lipinski definition) is 4. The zero-order valence-corrected chi connectivity index (χ0v) is 13.5. The van der Waals surface area contributed by atoms with Gasteiger partial charge in [-0.25, -0.2) is 8.42 Å². The van der Waals surface area contributed by atoms with Crippen LogP contribution in [0, 0.1) is 20.8 Å². The molecule has 0 saturated heterocycles. The largest absolute Gasteiger partial charge is 0.465 e. The van der Waals surface area contributed by atoms with Gasteiger partial charge in [0.1, 0.15) is 16.4 Å². The molecule has 0 fully saturated rings. The van der Waals surface area contributed by atoms with Crippen molar-refractivity contribution in [2.75, 3.05) is 11.8 Å². The SMILES string of the molecule is CNCc1c(C)oc(C)c1S(=O)(=O)Nc1ccccc1C. The fraction of sp³-hybridized carbons (Fsp3) is 0.333. The molecule has 0 bridgehead atoms. The second-order valence-electron chi connectivity index (χ2n) is 4.97. The van der Waals surface area contributed by atoms with Crippen LogP contribution in [0.4, 0.5) is 5.69 Å². The number of hydrogen-bond donors (Lipinski definition) is 2. The Kier molecular flexibility index (Phi) is 4.39. The highest BCUT2D eigenvalue weighted by atomic mass is 32.2. The van der Waals surface area contributed by atoms with Gasteiger partial charge >= 0.3 is 0 Å². The van der Waals surface area contributed by atoms with Crippen LogP contribution in [0.3, 0.4) is 0 Å². The zero-order chi connectivity index (χ0) is 15.6. The summed E-state index contributed by atoms with van der Waals surface area (Å²) >= 11 is 0. The Morgan fingerprint density at radius 3 is 2.38 bits per heavy atom. The summed E-state index contributed by atoms with van der Waals surface area (Å²) in [4.78, 5) is 0.220. The lowest BCUT2D eigenvalue weighted by molar-refractivity contribution is 0.494. The van der Waals surface area contributed by atoms with E-state index in [0.717, 1.165) is 5.56 Å². The molecule has 5 nitrogen and oxygen atoms in total. The number of benzene rings is 1. The van der Waals surface area contributed by atoms with Crippen LogP contribution in [0.15, 0.2) is 33.6 Å². The highest BCUT2D eigenvalue weighted by molar-refractivity contribution is 7.92. The Morgan fingerprint density at radius 1 is 1.10 bits per heavy atom. The summed E-state index contributed by atoms with van der Waals surface area (Å²) in [6, 6.07) is 7.27. The van der Waals surface area contributed by atoms with E-state index in [9.17, 15) is 8.42 Å². The maximum absolute atomic E-state index is 12.7. The van der Waals surface area contributed by atoms with E-state index < -0.39 is 10.0 Å². The molecule has 0 atom stereocenters. The summed E-state index contributed by atoms with van der Waals surface area (Å²) in [6.45, 7) is 5.73. The van der Waals surface area contributed by atoms with Crippen molar-refractivity contribution in [3.63, 3.8) is 0 Å². The smallest absolute Gasteiger partial charge is 0.265 e. The van der Waals surface area contributed by atoms with Crippen LogP contribution in [0.1, 0.15) is 22.6 Å². The molecular weight excluding hydrogens is 288 g/mol. The Labute approximate surface area is 125 Å². The van der Waals surface area contributed by atoms with Crippen molar-refractivity contribution in [2.45, 2.75) is 32.2 Å². The quantitative estimate of drug-likeness (QED) is 0.891.